The normalized spacial score (nSPS) is 14.5. The molecule has 150 valence electrons. The quantitative estimate of drug-likeness (QED) is 0.357. The largest absolute Gasteiger partial charge is 0.465 e. The average Bonchev–Trinajstić information content (AvgIpc) is 2.46. The second-order valence-corrected chi connectivity index (χ2v) is 5.04. The van der Waals surface area contributed by atoms with E-state index in [1.807, 2.05) is 0 Å². The summed E-state index contributed by atoms with van der Waals surface area (Å²) in [5.41, 5.74) is 0. The summed E-state index contributed by atoms with van der Waals surface area (Å²) >= 11 is 0. The number of carbonyl (C=O) groups excluding carboxylic acids is 4. The first-order valence-corrected chi connectivity index (χ1v) is 7.25. The molecule has 0 aliphatic heterocycles. The topological polar surface area (TPSA) is 86.7 Å². The average molecular weight is 394 g/mol. The van der Waals surface area contributed by atoms with Gasteiger partial charge in [-0.05, 0) is 19.8 Å². The van der Waals surface area contributed by atoms with E-state index in [2.05, 4.69) is 9.47 Å². The van der Waals surface area contributed by atoms with Crippen LogP contribution in [-0.2, 0) is 28.7 Å². The summed E-state index contributed by atoms with van der Waals surface area (Å²) in [6, 6.07) is 0. The van der Waals surface area contributed by atoms with Crippen molar-refractivity contribution in [1.82, 2.24) is 0 Å². The highest BCUT2D eigenvalue weighted by molar-refractivity contribution is 6.06. The second kappa shape index (κ2) is 8.99. The number of halogens is 6. The van der Waals surface area contributed by atoms with Gasteiger partial charge in [-0.15, -0.1) is 0 Å². The van der Waals surface area contributed by atoms with E-state index >= 15 is 0 Å². The van der Waals surface area contributed by atoms with Crippen LogP contribution in [0.5, 0.6) is 0 Å². The Bertz CT molecular complexity index is 505. The van der Waals surface area contributed by atoms with Crippen LogP contribution in [0.4, 0.5) is 26.3 Å². The predicted octanol–water partition coefficient (Wildman–Crippen LogP) is 2.24. The molecule has 26 heavy (non-hydrogen) atoms. The Morgan fingerprint density at radius 2 is 1.00 bits per heavy atom. The van der Waals surface area contributed by atoms with Crippen molar-refractivity contribution in [3.63, 3.8) is 0 Å². The summed E-state index contributed by atoms with van der Waals surface area (Å²) in [5.74, 6) is -17.0. The predicted molar refractivity (Wildman–Crippen MR) is 71.5 cm³/mol. The van der Waals surface area contributed by atoms with Gasteiger partial charge in [0.1, 0.15) is 11.8 Å². The zero-order chi connectivity index (χ0) is 20.9. The van der Waals surface area contributed by atoms with Gasteiger partial charge in [0.15, 0.2) is 0 Å². The molecule has 0 aliphatic carbocycles. The number of ketones is 2. The molecule has 0 radical (unpaired) electrons. The third kappa shape index (κ3) is 5.99. The van der Waals surface area contributed by atoms with Crippen molar-refractivity contribution < 1.29 is 55.0 Å². The number of ether oxygens (including phenoxy) is 2. The first-order chi connectivity index (χ1) is 11.7. The van der Waals surface area contributed by atoms with E-state index in [9.17, 15) is 45.5 Å². The first-order valence-electron chi connectivity index (χ1n) is 7.25. The molecule has 0 saturated heterocycles. The smallest absolute Gasteiger partial charge is 0.450 e. The van der Waals surface area contributed by atoms with Crippen LogP contribution in [0.15, 0.2) is 0 Å². The molecular weight excluding hydrogens is 378 g/mol. The number of carbonyl (C=O) groups is 4. The molecule has 0 spiro atoms. The van der Waals surface area contributed by atoms with Crippen LogP contribution >= 0.6 is 0 Å². The molecular formula is C14H16F6O6. The molecule has 0 bridgehead atoms. The van der Waals surface area contributed by atoms with E-state index in [0.29, 0.717) is 6.92 Å². The minimum absolute atomic E-state index is 0.482. The highest BCUT2D eigenvalue weighted by Crippen LogP contribution is 2.34. The van der Waals surface area contributed by atoms with Gasteiger partial charge in [-0.1, -0.05) is 6.92 Å². The summed E-state index contributed by atoms with van der Waals surface area (Å²) in [4.78, 5) is 46.5. The zero-order valence-electron chi connectivity index (χ0n) is 13.9. The van der Waals surface area contributed by atoms with E-state index in [4.69, 9.17) is 0 Å². The summed E-state index contributed by atoms with van der Waals surface area (Å²) in [6.07, 6.45) is -11.2. The van der Waals surface area contributed by atoms with Gasteiger partial charge < -0.3 is 9.47 Å². The highest BCUT2D eigenvalue weighted by atomic mass is 19.4. The number of rotatable bonds is 8. The Morgan fingerprint density at radius 1 is 0.731 bits per heavy atom. The van der Waals surface area contributed by atoms with E-state index in [1.165, 1.54) is 13.8 Å². The molecule has 0 N–H and O–H groups in total. The van der Waals surface area contributed by atoms with Gasteiger partial charge >= 0.3 is 24.3 Å². The van der Waals surface area contributed by atoms with Gasteiger partial charge in [0.25, 0.3) is 11.6 Å². The van der Waals surface area contributed by atoms with Gasteiger partial charge in [0, 0.05) is 0 Å². The SMILES string of the molecule is CCOC(=O)[C@@H](C(=O)C(F)(F)F)C(C)[C@@H](C(=O)OCC)C(=O)C(F)(F)F. The lowest BCUT2D eigenvalue weighted by Crippen LogP contribution is -2.48. The van der Waals surface area contributed by atoms with Crippen LogP contribution in [0.25, 0.3) is 0 Å². The number of hydrogen-bond donors (Lipinski definition) is 0. The van der Waals surface area contributed by atoms with Crippen molar-refractivity contribution in [3.8, 4) is 0 Å². The molecule has 2 atom stereocenters. The molecule has 0 aliphatic rings. The third-order valence-electron chi connectivity index (χ3n) is 3.26. The highest BCUT2D eigenvalue weighted by Gasteiger charge is 2.56. The first kappa shape index (κ1) is 23.9. The van der Waals surface area contributed by atoms with Crippen molar-refractivity contribution in [1.29, 1.82) is 0 Å². The molecule has 0 rings (SSSR count). The van der Waals surface area contributed by atoms with E-state index in [1.54, 1.807) is 0 Å². The standard InChI is InChI=1S/C14H16F6O6/c1-4-25-11(23)7(9(21)13(15,16)17)6(3)8(12(24)26-5-2)10(22)14(18,19)20/h6-8H,4-5H2,1-3H3/t7-,8-/m1/s1. The minimum Gasteiger partial charge on any atom is -0.465 e. The summed E-state index contributed by atoms with van der Waals surface area (Å²) in [5, 5.41) is 0. The van der Waals surface area contributed by atoms with Gasteiger partial charge in [-0.25, -0.2) is 0 Å². The molecule has 0 aromatic carbocycles. The fourth-order valence-corrected chi connectivity index (χ4v) is 2.13. The second-order valence-electron chi connectivity index (χ2n) is 5.04. The maximum atomic E-state index is 12.7. The van der Waals surface area contributed by atoms with Crippen molar-refractivity contribution in [2.24, 2.45) is 17.8 Å². The lowest BCUT2D eigenvalue weighted by Gasteiger charge is -2.27. The third-order valence-corrected chi connectivity index (χ3v) is 3.26. The van der Waals surface area contributed by atoms with Gasteiger partial charge in [-0.2, -0.15) is 26.3 Å². The number of Topliss-reactive ketones (excluding diaryl/α,β-unsaturated/α-hetero) is 2. The fourth-order valence-electron chi connectivity index (χ4n) is 2.13. The number of hydrogen-bond acceptors (Lipinski definition) is 6. The van der Waals surface area contributed by atoms with E-state index < -0.39 is 66.8 Å². The molecule has 0 aromatic rings. The van der Waals surface area contributed by atoms with Crippen LogP contribution in [0.2, 0.25) is 0 Å². The Kier molecular flexibility index (Phi) is 8.25. The van der Waals surface area contributed by atoms with Crippen molar-refractivity contribution in [2.45, 2.75) is 33.1 Å². The maximum absolute atomic E-state index is 12.7. The molecule has 0 saturated carbocycles. The lowest BCUT2D eigenvalue weighted by molar-refractivity contribution is -0.190. The Balaban J connectivity index is 6.14. The van der Waals surface area contributed by atoms with E-state index in [-0.39, 0.29) is 0 Å². The molecule has 6 nitrogen and oxygen atoms in total. The number of alkyl halides is 6. The van der Waals surface area contributed by atoms with Crippen LogP contribution in [-0.4, -0.2) is 49.1 Å². The molecule has 0 amide bonds. The van der Waals surface area contributed by atoms with Crippen LogP contribution in [0.1, 0.15) is 20.8 Å². The van der Waals surface area contributed by atoms with Crippen molar-refractivity contribution in [3.05, 3.63) is 0 Å². The Hall–Kier alpha value is -2.14. The summed E-state index contributed by atoms with van der Waals surface area (Å²) < 4.78 is 84.9. The summed E-state index contributed by atoms with van der Waals surface area (Å²) in [7, 11) is 0. The monoisotopic (exact) mass is 394 g/mol. The minimum atomic E-state index is -5.60. The molecule has 0 heterocycles. The van der Waals surface area contributed by atoms with Crippen LogP contribution in [0, 0.1) is 17.8 Å². The molecule has 0 unspecified atom stereocenters. The lowest BCUT2D eigenvalue weighted by atomic mass is 9.78. The van der Waals surface area contributed by atoms with Crippen LogP contribution in [0.3, 0.4) is 0 Å². The van der Waals surface area contributed by atoms with Crippen molar-refractivity contribution in [2.75, 3.05) is 13.2 Å². The van der Waals surface area contributed by atoms with Crippen molar-refractivity contribution >= 4 is 23.5 Å². The van der Waals surface area contributed by atoms with E-state index in [0.717, 1.165) is 0 Å². The van der Waals surface area contributed by atoms with Gasteiger partial charge in [0.2, 0.25) is 0 Å². The number of esters is 2. The fraction of sp³-hybridized carbons (Fsp3) is 0.714. The molecule has 0 aromatic heterocycles. The maximum Gasteiger partial charge on any atom is 0.450 e. The molecule has 0 fully saturated rings. The zero-order valence-corrected chi connectivity index (χ0v) is 13.9. The van der Waals surface area contributed by atoms with Gasteiger partial charge in [-0.3, -0.25) is 19.2 Å². The van der Waals surface area contributed by atoms with Crippen LogP contribution < -0.4 is 0 Å². The summed E-state index contributed by atoms with van der Waals surface area (Å²) in [6.45, 7) is 1.97. The van der Waals surface area contributed by atoms with Gasteiger partial charge in [0.05, 0.1) is 13.2 Å². The Morgan fingerprint density at radius 3 is 1.19 bits per heavy atom. The molecule has 12 heteroatoms. The Labute approximate surface area is 143 Å².